The first-order chi connectivity index (χ1) is 14.2. The van der Waals surface area contributed by atoms with Gasteiger partial charge in [-0.25, -0.2) is 14.1 Å². The Hall–Kier alpha value is -3.60. The van der Waals surface area contributed by atoms with Gasteiger partial charge in [0.25, 0.3) is 5.82 Å². The van der Waals surface area contributed by atoms with Gasteiger partial charge >= 0.3 is 6.03 Å². The van der Waals surface area contributed by atoms with Crippen LogP contribution in [-0.4, -0.2) is 46.3 Å². The third-order valence-electron chi connectivity index (χ3n) is 5.25. The van der Waals surface area contributed by atoms with Crippen molar-refractivity contribution in [3.8, 4) is 11.5 Å². The van der Waals surface area contributed by atoms with Gasteiger partial charge in [0.15, 0.2) is 11.5 Å². The van der Waals surface area contributed by atoms with Crippen LogP contribution in [0.3, 0.4) is 0 Å². The molecule has 4 N–H and O–H groups in total. The molecular weight excluding hydrogens is 396 g/mol. The summed E-state index contributed by atoms with van der Waals surface area (Å²) in [6.45, 7) is 3.04. The summed E-state index contributed by atoms with van der Waals surface area (Å²) < 4.78 is 7.26. The lowest BCUT2D eigenvalue weighted by Crippen LogP contribution is -2.58. The van der Waals surface area contributed by atoms with Gasteiger partial charge in [-0.2, -0.15) is 0 Å². The first kappa shape index (κ1) is 21.1. The lowest BCUT2D eigenvalue weighted by molar-refractivity contribution is -0.621. The summed E-state index contributed by atoms with van der Waals surface area (Å²) in [6, 6.07) is 3.24. The van der Waals surface area contributed by atoms with Crippen molar-refractivity contribution in [3.63, 3.8) is 0 Å². The highest BCUT2D eigenvalue weighted by atomic mass is 16.5. The van der Waals surface area contributed by atoms with Gasteiger partial charge in [-0.3, -0.25) is 20.2 Å². The molecule has 4 amide bonds. The minimum atomic E-state index is -1.46. The zero-order chi connectivity index (χ0) is 22.2. The molecule has 3 rings (SSSR count). The standard InChI is InChI=1S/C19H22N4O7/c1-9-10(2)23(29)18(22(9)6-7-24)14(11-4-5-12(25)13(8-11)30-3)15-16(26)20-19(28)21-17(15)27/h4-5,8,14-15,24-25H,6-7H2,1-3H3,(H2,20,21,26,27,28)/t14-/m1/s1. The lowest BCUT2D eigenvalue weighted by Gasteiger charge is -2.28. The Kier molecular flexibility index (Phi) is 5.65. The number of aliphatic hydroxyl groups is 1. The minimum absolute atomic E-state index is 0.0384. The Labute approximate surface area is 171 Å². The third kappa shape index (κ3) is 3.43. The van der Waals surface area contributed by atoms with E-state index >= 15 is 0 Å². The van der Waals surface area contributed by atoms with Crippen LogP contribution in [0, 0.1) is 25.0 Å². The number of phenolic OH excluding ortho intramolecular Hbond substituents is 1. The molecule has 2 heterocycles. The molecule has 1 saturated heterocycles. The van der Waals surface area contributed by atoms with Crippen LogP contribution in [0.4, 0.5) is 4.79 Å². The van der Waals surface area contributed by atoms with E-state index in [1.807, 2.05) is 0 Å². The Morgan fingerprint density at radius 3 is 2.43 bits per heavy atom. The van der Waals surface area contributed by atoms with E-state index in [2.05, 4.69) is 10.6 Å². The lowest BCUT2D eigenvalue weighted by atomic mass is 9.82. The van der Waals surface area contributed by atoms with Crippen molar-refractivity contribution in [2.75, 3.05) is 13.7 Å². The predicted octanol–water partition coefficient (Wildman–Crippen LogP) is -0.441. The monoisotopic (exact) mass is 418 g/mol. The molecule has 2 aromatic rings. The largest absolute Gasteiger partial charge is 0.711 e. The fourth-order valence-corrected chi connectivity index (χ4v) is 3.68. The second-order valence-electron chi connectivity index (χ2n) is 6.89. The molecule has 160 valence electrons. The number of ether oxygens (including phenoxy) is 1. The number of hydrogen-bond acceptors (Lipinski definition) is 7. The average Bonchev–Trinajstić information content (AvgIpc) is 2.89. The number of urea groups is 1. The number of hydrogen-bond donors (Lipinski definition) is 4. The van der Waals surface area contributed by atoms with E-state index in [4.69, 9.17) is 4.74 Å². The zero-order valence-corrected chi connectivity index (χ0v) is 16.6. The van der Waals surface area contributed by atoms with Crippen molar-refractivity contribution in [1.82, 2.24) is 15.2 Å². The Morgan fingerprint density at radius 2 is 1.87 bits per heavy atom. The highest BCUT2D eigenvalue weighted by Crippen LogP contribution is 2.37. The number of phenols is 1. The molecule has 30 heavy (non-hydrogen) atoms. The number of barbiturate groups is 1. The summed E-state index contributed by atoms with van der Waals surface area (Å²) in [7, 11) is 1.34. The molecule has 0 bridgehead atoms. The second-order valence-corrected chi connectivity index (χ2v) is 6.89. The van der Waals surface area contributed by atoms with Crippen molar-refractivity contribution >= 4 is 17.8 Å². The molecule has 0 unspecified atom stereocenters. The predicted molar refractivity (Wildman–Crippen MR) is 102 cm³/mol. The number of nitrogens with zero attached hydrogens (tertiary/aromatic N) is 2. The summed E-state index contributed by atoms with van der Waals surface area (Å²) >= 11 is 0. The SMILES string of the molecule is COc1cc([C@@H](c2n(CCO)c(C)c(C)[n+]2[O-])C2C(=O)NC(=O)NC2=O)ccc1O. The van der Waals surface area contributed by atoms with Crippen LogP contribution in [-0.2, 0) is 16.1 Å². The van der Waals surface area contributed by atoms with Crippen molar-refractivity contribution in [1.29, 1.82) is 0 Å². The molecule has 11 heteroatoms. The summed E-state index contributed by atoms with van der Waals surface area (Å²) in [5.41, 5.74) is 1.22. The van der Waals surface area contributed by atoms with E-state index in [1.165, 1.54) is 29.9 Å². The maximum atomic E-state index is 13.0. The topological polar surface area (TPSA) is 157 Å². The number of methoxy groups -OCH3 is 1. The van der Waals surface area contributed by atoms with Crippen molar-refractivity contribution in [2.45, 2.75) is 26.3 Å². The van der Waals surface area contributed by atoms with Crippen LogP contribution < -0.4 is 20.1 Å². The van der Waals surface area contributed by atoms with Gasteiger partial charge in [-0.1, -0.05) is 6.07 Å². The Morgan fingerprint density at radius 1 is 1.23 bits per heavy atom. The Bertz CT molecular complexity index is 1010. The van der Waals surface area contributed by atoms with Crippen LogP contribution in [0.5, 0.6) is 11.5 Å². The maximum Gasteiger partial charge on any atom is 0.328 e. The van der Waals surface area contributed by atoms with Gasteiger partial charge in [-0.05, 0) is 17.7 Å². The van der Waals surface area contributed by atoms with Crippen molar-refractivity contribution in [3.05, 3.63) is 46.2 Å². The van der Waals surface area contributed by atoms with E-state index in [9.17, 15) is 29.8 Å². The number of benzene rings is 1. The van der Waals surface area contributed by atoms with Gasteiger partial charge in [0.2, 0.25) is 11.8 Å². The van der Waals surface area contributed by atoms with E-state index in [1.54, 1.807) is 13.8 Å². The van der Waals surface area contributed by atoms with Gasteiger partial charge in [0.05, 0.1) is 13.7 Å². The fourth-order valence-electron chi connectivity index (χ4n) is 3.68. The van der Waals surface area contributed by atoms with Crippen LogP contribution >= 0.6 is 0 Å². The number of imide groups is 2. The van der Waals surface area contributed by atoms with Gasteiger partial charge in [-0.15, -0.1) is 0 Å². The molecule has 1 aromatic carbocycles. The normalized spacial score (nSPS) is 15.7. The van der Waals surface area contributed by atoms with E-state index in [0.717, 1.165) is 0 Å². The molecule has 0 spiro atoms. The van der Waals surface area contributed by atoms with Crippen molar-refractivity contribution in [2.24, 2.45) is 5.92 Å². The van der Waals surface area contributed by atoms with E-state index < -0.39 is 29.7 Å². The van der Waals surface area contributed by atoms with Gasteiger partial charge in [0, 0.05) is 13.8 Å². The van der Waals surface area contributed by atoms with Gasteiger partial charge < -0.3 is 20.2 Å². The number of carbonyl (C=O) groups is 3. The van der Waals surface area contributed by atoms with Gasteiger partial charge in [0.1, 0.15) is 29.8 Å². The van der Waals surface area contributed by atoms with Crippen LogP contribution in [0.2, 0.25) is 0 Å². The van der Waals surface area contributed by atoms with E-state index in [-0.39, 0.29) is 30.5 Å². The number of aromatic nitrogens is 2. The quantitative estimate of drug-likeness (QED) is 0.281. The number of carbonyl (C=O) groups excluding carboxylic acids is 3. The zero-order valence-electron chi connectivity index (χ0n) is 16.6. The summed E-state index contributed by atoms with van der Waals surface area (Å²) in [5.74, 6) is -4.37. The minimum Gasteiger partial charge on any atom is -0.711 e. The highest BCUT2D eigenvalue weighted by molar-refractivity contribution is 6.16. The summed E-state index contributed by atoms with van der Waals surface area (Å²) in [5, 5.41) is 36.6. The molecule has 1 atom stereocenters. The number of aliphatic hydroxyl groups excluding tert-OH is 1. The number of amides is 4. The smallest absolute Gasteiger partial charge is 0.328 e. The fraction of sp³-hybridized carbons (Fsp3) is 0.368. The molecule has 1 aliphatic rings. The average molecular weight is 418 g/mol. The maximum absolute atomic E-state index is 13.0. The third-order valence-corrected chi connectivity index (χ3v) is 5.25. The summed E-state index contributed by atoms with van der Waals surface area (Å²) in [4.78, 5) is 36.8. The summed E-state index contributed by atoms with van der Waals surface area (Å²) in [6.07, 6.45) is 0. The Balaban J connectivity index is 2.29. The van der Waals surface area contributed by atoms with Crippen LogP contribution in [0.25, 0.3) is 0 Å². The number of imidazole rings is 1. The van der Waals surface area contributed by atoms with Crippen LogP contribution in [0.1, 0.15) is 28.7 Å². The number of rotatable bonds is 6. The molecule has 1 aromatic heterocycles. The number of aromatic hydroxyl groups is 1. The van der Waals surface area contributed by atoms with E-state index in [0.29, 0.717) is 21.7 Å². The first-order valence-electron chi connectivity index (χ1n) is 9.13. The highest BCUT2D eigenvalue weighted by Gasteiger charge is 2.47. The van der Waals surface area contributed by atoms with Crippen LogP contribution in [0.15, 0.2) is 18.2 Å². The first-order valence-corrected chi connectivity index (χ1v) is 9.13. The molecule has 0 radical (unpaired) electrons. The molecule has 0 aliphatic carbocycles. The molecule has 11 nitrogen and oxygen atoms in total. The van der Waals surface area contributed by atoms with Crippen molar-refractivity contribution < 1.29 is 34.1 Å². The second kappa shape index (κ2) is 8.03. The number of nitrogens with one attached hydrogen (secondary N) is 2. The molecule has 0 saturated carbocycles. The molecule has 1 fully saturated rings. The molecule has 1 aliphatic heterocycles. The molecular formula is C19H22N4O7.